The van der Waals surface area contributed by atoms with E-state index in [4.69, 9.17) is 5.73 Å². The van der Waals surface area contributed by atoms with Crippen molar-refractivity contribution in [2.24, 2.45) is 0 Å². The first-order chi connectivity index (χ1) is 10.6. The number of anilines is 2. The Labute approximate surface area is 133 Å². The first kappa shape index (κ1) is 14.5. The van der Waals surface area contributed by atoms with E-state index in [0.29, 0.717) is 16.5 Å². The van der Waals surface area contributed by atoms with Gasteiger partial charge in [-0.15, -0.1) is 11.3 Å². The SMILES string of the molecule is CC(C)c1ccc(NC(=O)c2sc3ncccc3c2N)cc1. The van der Waals surface area contributed by atoms with E-state index in [9.17, 15) is 4.79 Å². The Hall–Kier alpha value is -2.40. The molecule has 0 aliphatic heterocycles. The van der Waals surface area contributed by atoms with Crippen LogP contribution >= 0.6 is 11.3 Å². The van der Waals surface area contributed by atoms with E-state index in [0.717, 1.165) is 15.9 Å². The van der Waals surface area contributed by atoms with Crippen molar-refractivity contribution in [3.05, 3.63) is 53.0 Å². The number of carbonyl (C=O) groups excluding carboxylic acids is 1. The number of rotatable bonds is 3. The predicted octanol–water partition coefficient (Wildman–Crippen LogP) is 4.25. The van der Waals surface area contributed by atoms with Crippen LogP contribution in [0, 0.1) is 0 Å². The maximum absolute atomic E-state index is 12.4. The molecule has 0 bridgehead atoms. The highest BCUT2D eigenvalue weighted by atomic mass is 32.1. The molecule has 2 heterocycles. The number of carbonyl (C=O) groups is 1. The van der Waals surface area contributed by atoms with Crippen LogP contribution in [0.1, 0.15) is 35.0 Å². The molecule has 2 aromatic heterocycles. The van der Waals surface area contributed by atoms with Crippen LogP contribution in [0.4, 0.5) is 11.4 Å². The molecule has 0 radical (unpaired) electrons. The zero-order valence-corrected chi connectivity index (χ0v) is 13.3. The summed E-state index contributed by atoms with van der Waals surface area (Å²) in [6, 6.07) is 11.6. The maximum atomic E-state index is 12.4. The summed E-state index contributed by atoms with van der Waals surface area (Å²) in [7, 11) is 0. The third-order valence-electron chi connectivity index (χ3n) is 3.55. The van der Waals surface area contributed by atoms with Gasteiger partial charge in [0.2, 0.25) is 0 Å². The minimum absolute atomic E-state index is 0.196. The van der Waals surface area contributed by atoms with Crippen LogP contribution in [0.5, 0.6) is 0 Å². The normalized spacial score (nSPS) is 11.0. The van der Waals surface area contributed by atoms with E-state index >= 15 is 0 Å². The number of hydrogen-bond acceptors (Lipinski definition) is 4. The second-order valence-corrected chi connectivity index (χ2v) is 6.43. The van der Waals surface area contributed by atoms with E-state index in [2.05, 4.69) is 24.1 Å². The van der Waals surface area contributed by atoms with Gasteiger partial charge in [-0.25, -0.2) is 4.98 Å². The molecule has 22 heavy (non-hydrogen) atoms. The van der Waals surface area contributed by atoms with Gasteiger partial charge < -0.3 is 11.1 Å². The second kappa shape index (κ2) is 5.77. The predicted molar refractivity (Wildman–Crippen MR) is 92.5 cm³/mol. The van der Waals surface area contributed by atoms with Gasteiger partial charge in [0.05, 0.1) is 5.69 Å². The average Bonchev–Trinajstić information content (AvgIpc) is 2.85. The van der Waals surface area contributed by atoms with Gasteiger partial charge in [0.1, 0.15) is 9.71 Å². The molecule has 5 heteroatoms. The zero-order chi connectivity index (χ0) is 15.7. The highest BCUT2D eigenvalue weighted by Crippen LogP contribution is 2.32. The standard InChI is InChI=1S/C17H17N3OS/c1-10(2)11-5-7-12(8-6-11)20-16(21)15-14(18)13-4-3-9-19-17(13)22-15/h3-10H,18H2,1-2H3,(H,20,21). The molecule has 0 unspecified atom stereocenters. The summed E-state index contributed by atoms with van der Waals surface area (Å²) in [5.74, 6) is 0.270. The van der Waals surface area contributed by atoms with Crippen molar-refractivity contribution in [1.82, 2.24) is 4.98 Å². The van der Waals surface area contributed by atoms with Gasteiger partial charge in [-0.1, -0.05) is 26.0 Å². The Balaban J connectivity index is 1.85. The number of amides is 1. The molecule has 3 rings (SSSR count). The quantitative estimate of drug-likeness (QED) is 0.759. The molecule has 1 aromatic carbocycles. The Morgan fingerprint density at radius 1 is 1.23 bits per heavy atom. The van der Waals surface area contributed by atoms with Crippen molar-refractivity contribution in [2.45, 2.75) is 19.8 Å². The molecule has 3 aromatic rings. The Kier molecular flexibility index (Phi) is 3.81. The molecule has 0 aliphatic rings. The summed E-state index contributed by atoms with van der Waals surface area (Å²) < 4.78 is 0. The van der Waals surface area contributed by atoms with Crippen molar-refractivity contribution in [3.63, 3.8) is 0 Å². The summed E-state index contributed by atoms with van der Waals surface area (Å²) >= 11 is 1.31. The number of nitrogens with one attached hydrogen (secondary N) is 1. The molecule has 0 aliphatic carbocycles. The molecule has 3 N–H and O–H groups in total. The number of fused-ring (bicyclic) bond motifs is 1. The van der Waals surface area contributed by atoms with Crippen molar-refractivity contribution in [2.75, 3.05) is 11.1 Å². The third kappa shape index (κ3) is 2.67. The van der Waals surface area contributed by atoms with E-state index in [1.807, 2.05) is 36.4 Å². The average molecular weight is 311 g/mol. The molecule has 1 amide bonds. The smallest absolute Gasteiger partial charge is 0.267 e. The second-order valence-electron chi connectivity index (χ2n) is 5.43. The van der Waals surface area contributed by atoms with Gasteiger partial charge in [-0.3, -0.25) is 4.79 Å². The number of thiophene rings is 1. The molecule has 112 valence electrons. The van der Waals surface area contributed by atoms with Crippen LogP contribution in [-0.2, 0) is 0 Å². The van der Waals surface area contributed by atoms with Crippen molar-refractivity contribution in [3.8, 4) is 0 Å². The van der Waals surface area contributed by atoms with E-state index in [1.165, 1.54) is 16.9 Å². The van der Waals surface area contributed by atoms with E-state index < -0.39 is 0 Å². The molecule has 0 saturated heterocycles. The van der Waals surface area contributed by atoms with Crippen LogP contribution in [0.15, 0.2) is 42.6 Å². The van der Waals surface area contributed by atoms with Gasteiger partial charge in [-0.05, 0) is 35.7 Å². The lowest BCUT2D eigenvalue weighted by Crippen LogP contribution is -2.11. The fourth-order valence-electron chi connectivity index (χ4n) is 2.26. The lowest BCUT2D eigenvalue weighted by molar-refractivity contribution is 0.103. The fourth-order valence-corrected chi connectivity index (χ4v) is 3.22. The zero-order valence-electron chi connectivity index (χ0n) is 12.5. The molecule has 0 spiro atoms. The molecular weight excluding hydrogens is 294 g/mol. The van der Waals surface area contributed by atoms with E-state index in [-0.39, 0.29) is 5.91 Å². The van der Waals surface area contributed by atoms with Gasteiger partial charge in [0.15, 0.2) is 0 Å². The lowest BCUT2D eigenvalue weighted by atomic mass is 10.0. The first-order valence-electron chi connectivity index (χ1n) is 7.10. The number of aromatic nitrogens is 1. The maximum Gasteiger partial charge on any atom is 0.267 e. The van der Waals surface area contributed by atoms with Gasteiger partial charge in [0.25, 0.3) is 5.91 Å². The van der Waals surface area contributed by atoms with Crippen LogP contribution in [0.25, 0.3) is 10.2 Å². The van der Waals surface area contributed by atoms with Crippen LogP contribution in [-0.4, -0.2) is 10.9 Å². The summed E-state index contributed by atoms with van der Waals surface area (Å²) in [5.41, 5.74) is 8.56. The summed E-state index contributed by atoms with van der Waals surface area (Å²) in [5, 5.41) is 3.72. The molecule has 0 saturated carbocycles. The highest BCUT2D eigenvalue weighted by molar-refractivity contribution is 7.21. The summed E-state index contributed by atoms with van der Waals surface area (Å²) in [6.07, 6.45) is 1.70. The Morgan fingerprint density at radius 2 is 1.95 bits per heavy atom. The number of pyridine rings is 1. The van der Waals surface area contributed by atoms with Crippen molar-refractivity contribution < 1.29 is 4.79 Å². The largest absolute Gasteiger partial charge is 0.397 e. The number of hydrogen-bond donors (Lipinski definition) is 2. The summed E-state index contributed by atoms with van der Waals surface area (Å²) in [6.45, 7) is 4.27. The number of benzene rings is 1. The van der Waals surface area contributed by atoms with Gasteiger partial charge >= 0.3 is 0 Å². The lowest BCUT2D eigenvalue weighted by Gasteiger charge is -2.08. The highest BCUT2D eigenvalue weighted by Gasteiger charge is 2.17. The van der Waals surface area contributed by atoms with Crippen molar-refractivity contribution >= 4 is 38.8 Å². The Morgan fingerprint density at radius 3 is 2.59 bits per heavy atom. The number of nitrogen functional groups attached to an aromatic ring is 1. The monoisotopic (exact) mass is 311 g/mol. The molecule has 0 fully saturated rings. The third-order valence-corrected chi connectivity index (χ3v) is 4.67. The van der Waals surface area contributed by atoms with Crippen molar-refractivity contribution in [1.29, 1.82) is 0 Å². The number of nitrogens with zero attached hydrogens (tertiary/aromatic N) is 1. The minimum atomic E-state index is -0.196. The minimum Gasteiger partial charge on any atom is -0.397 e. The van der Waals surface area contributed by atoms with Gasteiger partial charge in [-0.2, -0.15) is 0 Å². The van der Waals surface area contributed by atoms with Gasteiger partial charge in [0, 0.05) is 17.3 Å². The fraction of sp³-hybridized carbons (Fsp3) is 0.176. The number of nitrogens with two attached hydrogens (primary N) is 1. The van der Waals surface area contributed by atoms with E-state index in [1.54, 1.807) is 6.20 Å². The molecular formula is C17H17N3OS. The molecule has 4 nitrogen and oxygen atoms in total. The van der Waals surface area contributed by atoms with Crippen LogP contribution in [0.3, 0.4) is 0 Å². The van der Waals surface area contributed by atoms with Crippen LogP contribution < -0.4 is 11.1 Å². The van der Waals surface area contributed by atoms with Crippen LogP contribution in [0.2, 0.25) is 0 Å². The Bertz CT molecular complexity index is 822. The topological polar surface area (TPSA) is 68.0 Å². The molecule has 0 atom stereocenters. The first-order valence-corrected chi connectivity index (χ1v) is 7.92. The summed E-state index contributed by atoms with van der Waals surface area (Å²) in [4.78, 5) is 17.9.